The highest BCUT2D eigenvalue weighted by Crippen LogP contribution is 2.45. The van der Waals surface area contributed by atoms with Crippen molar-refractivity contribution in [1.29, 1.82) is 0 Å². The van der Waals surface area contributed by atoms with E-state index in [0.717, 1.165) is 32.1 Å². The van der Waals surface area contributed by atoms with Crippen LogP contribution in [-0.4, -0.2) is 0 Å². The molecular formula is C19H26F2. The number of halogens is 2. The molecule has 1 aromatic carbocycles. The average molecular weight is 292 g/mol. The van der Waals surface area contributed by atoms with Gasteiger partial charge in [-0.25, -0.2) is 8.78 Å². The highest BCUT2D eigenvalue weighted by atomic mass is 19.2. The number of hydrogen-bond donors (Lipinski definition) is 0. The van der Waals surface area contributed by atoms with E-state index >= 15 is 0 Å². The van der Waals surface area contributed by atoms with E-state index in [1.54, 1.807) is 18.2 Å². The fraction of sp³-hybridized carbons (Fsp3) is 0.579. The predicted octanol–water partition coefficient (Wildman–Crippen LogP) is 6.16. The second-order valence-corrected chi connectivity index (χ2v) is 6.71. The van der Waals surface area contributed by atoms with Gasteiger partial charge in [0.25, 0.3) is 0 Å². The third kappa shape index (κ3) is 3.53. The van der Waals surface area contributed by atoms with Crippen LogP contribution in [0.2, 0.25) is 0 Å². The number of hydrogen-bond acceptors (Lipinski definition) is 0. The van der Waals surface area contributed by atoms with Gasteiger partial charge in [-0.15, -0.1) is 6.58 Å². The average Bonchev–Trinajstić information content (AvgIpc) is 2.50. The molecule has 0 spiro atoms. The quantitative estimate of drug-likeness (QED) is 0.570. The van der Waals surface area contributed by atoms with Crippen LogP contribution >= 0.6 is 0 Å². The van der Waals surface area contributed by atoms with Gasteiger partial charge >= 0.3 is 0 Å². The smallest absolute Gasteiger partial charge is 0.162 e. The van der Waals surface area contributed by atoms with Crippen molar-refractivity contribution in [3.63, 3.8) is 0 Å². The SMILES string of the molecule is C=CCCc1ccc(C2CCC(C)(CC)CC2)c(F)c1F. The third-order valence-electron chi connectivity index (χ3n) is 5.30. The van der Waals surface area contributed by atoms with E-state index in [4.69, 9.17) is 0 Å². The minimum absolute atomic E-state index is 0.174. The van der Waals surface area contributed by atoms with Crippen LogP contribution in [-0.2, 0) is 6.42 Å². The molecule has 0 saturated heterocycles. The summed E-state index contributed by atoms with van der Waals surface area (Å²) in [5.74, 6) is -1.10. The van der Waals surface area contributed by atoms with Crippen LogP contribution in [0.4, 0.5) is 8.78 Å². The lowest BCUT2D eigenvalue weighted by Crippen LogP contribution is -2.23. The highest BCUT2D eigenvalue weighted by Gasteiger charge is 2.31. The molecule has 0 unspecified atom stereocenters. The summed E-state index contributed by atoms with van der Waals surface area (Å²) in [7, 11) is 0. The summed E-state index contributed by atoms with van der Waals surface area (Å²) in [4.78, 5) is 0. The Morgan fingerprint density at radius 2 is 1.90 bits per heavy atom. The molecule has 1 aliphatic carbocycles. The fourth-order valence-corrected chi connectivity index (χ4v) is 3.35. The van der Waals surface area contributed by atoms with E-state index < -0.39 is 11.6 Å². The van der Waals surface area contributed by atoms with Crippen LogP contribution in [0.25, 0.3) is 0 Å². The Morgan fingerprint density at radius 1 is 1.24 bits per heavy atom. The molecule has 1 aliphatic rings. The van der Waals surface area contributed by atoms with Crippen LogP contribution in [0.3, 0.4) is 0 Å². The molecule has 116 valence electrons. The van der Waals surface area contributed by atoms with E-state index in [9.17, 15) is 8.78 Å². The zero-order chi connectivity index (χ0) is 15.5. The second kappa shape index (κ2) is 6.72. The van der Waals surface area contributed by atoms with Crippen molar-refractivity contribution in [3.05, 3.63) is 47.5 Å². The molecule has 2 heteroatoms. The summed E-state index contributed by atoms with van der Waals surface area (Å²) in [5, 5.41) is 0. The Morgan fingerprint density at radius 3 is 2.48 bits per heavy atom. The first kappa shape index (κ1) is 16.2. The number of rotatable bonds is 5. The van der Waals surface area contributed by atoms with Crippen LogP contribution in [0.15, 0.2) is 24.8 Å². The summed E-state index contributed by atoms with van der Waals surface area (Å²) in [5.41, 5.74) is 1.42. The minimum Gasteiger partial charge on any atom is -0.203 e. The van der Waals surface area contributed by atoms with Gasteiger partial charge in [0.2, 0.25) is 0 Å². The van der Waals surface area contributed by atoms with Crippen LogP contribution < -0.4 is 0 Å². The normalized spacial score (nSPS) is 25.8. The van der Waals surface area contributed by atoms with Gasteiger partial charge in [-0.2, -0.15) is 0 Å². The maximum Gasteiger partial charge on any atom is 0.162 e. The molecule has 0 aliphatic heterocycles. The maximum atomic E-state index is 14.3. The Bertz CT molecular complexity index is 497. The van der Waals surface area contributed by atoms with Gasteiger partial charge in [-0.05, 0) is 61.0 Å². The molecule has 2 rings (SSSR count). The van der Waals surface area contributed by atoms with Gasteiger partial charge in [0.05, 0.1) is 0 Å². The van der Waals surface area contributed by atoms with E-state index in [0.29, 0.717) is 29.4 Å². The number of aryl methyl sites for hydroxylation is 1. The lowest BCUT2D eigenvalue weighted by molar-refractivity contribution is 0.189. The van der Waals surface area contributed by atoms with Crippen LogP contribution in [0, 0.1) is 17.0 Å². The molecule has 0 bridgehead atoms. The van der Waals surface area contributed by atoms with Crippen molar-refractivity contribution in [2.75, 3.05) is 0 Å². The molecule has 21 heavy (non-hydrogen) atoms. The molecule has 0 N–H and O–H groups in total. The van der Waals surface area contributed by atoms with Crippen molar-refractivity contribution < 1.29 is 8.78 Å². The summed E-state index contributed by atoms with van der Waals surface area (Å²) in [6, 6.07) is 3.56. The van der Waals surface area contributed by atoms with Crippen molar-refractivity contribution in [1.82, 2.24) is 0 Å². The largest absolute Gasteiger partial charge is 0.203 e. The van der Waals surface area contributed by atoms with E-state index in [1.807, 2.05) is 0 Å². The lowest BCUT2D eigenvalue weighted by Gasteiger charge is -2.37. The Kier molecular flexibility index (Phi) is 5.18. The third-order valence-corrected chi connectivity index (χ3v) is 5.30. The summed E-state index contributed by atoms with van der Waals surface area (Å²) < 4.78 is 28.5. The monoisotopic (exact) mass is 292 g/mol. The summed E-state index contributed by atoms with van der Waals surface area (Å²) in [6.07, 6.45) is 8.23. The summed E-state index contributed by atoms with van der Waals surface area (Å²) in [6.45, 7) is 8.15. The lowest BCUT2D eigenvalue weighted by atomic mass is 9.69. The molecule has 0 aromatic heterocycles. The molecule has 0 heterocycles. The topological polar surface area (TPSA) is 0 Å². The molecule has 1 fully saturated rings. The first-order valence-electron chi connectivity index (χ1n) is 8.08. The van der Waals surface area contributed by atoms with Gasteiger partial charge in [-0.3, -0.25) is 0 Å². The first-order chi connectivity index (χ1) is 10.0. The zero-order valence-electron chi connectivity index (χ0n) is 13.2. The number of benzene rings is 1. The molecule has 1 saturated carbocycles. The van der Waals surface area contributed by atoms with E-state index in [-0.39, 0.29) is 5.92 Å². The van der Waals surface area contributed by atoms with Crippen LogP contribution in [0.5, 0.6) is 0 Å². The van der Waals surface area contributed by atoms with Gasteiger partial charge < -0.3 is 0 Å². The maximum absolute atomic E-state index is 14.3. The van der Waals surface area contributed by atoms with Crippen molar-refractivity contribution in [2.45, 2.75) is 64.7 Å². The highest BCUT2D eigenvalue weighted by molar-refractivity contribution is 5.29. The number of allylic oxidation sites excluding steroid dienone is 1. The standard InChI is InChI=1S/C19H26F2/c1-4-6-7-15-8-9-16(18(21)17(15)20)14-10-12-19(3,5-2)13-11-14/h4,8-9,14H,1,5-7,10-13H2,2-3H3. The molecule has 1 aromatic rings. The van der Waals surface area contributed by atoms with Crippen molar-refractivity contribution >= 4 is 0 Å². The molecule has 0 nitrogen and oxygen atoms in total. The Hall–Kier alpha value is -1.18. The van der Waals surface area contributed by atoms with Gasteiger partial charge in [-0.1, -0.05) is 38.5 Å². The van der Waals surface area contributed by atoms with Crippen LogP contribution in [0.1, 0.15) is 69.4 Å². The van der Waals surface area contributed by atoms with Gasteiger partial charge in [0, 0.05) is 0 Å². The molecule has 0 atom stereocenters. The Balaban J connectivity index is 2.15. The van der Waals surface area contributed by atoms with E-state index in [1.165, 1.54) is 0 Å². The first-order valence-corrected chi connectivity index (χ1v) is 8.08. The minimum atomic E-state index is -0.654. The molecular weight excluding hydrogens is 266 g/mol. The molecule has 0 amide bonds. The van der Waals surface area contributed by atoms with E-state index in [2.05, 4.69) is 20.4 Å². The van der Waals surface area contributed by atoms with Crippen molar-refractivity contribution in [2.24, 2.45) is 5.41 Å². The second-order valence-electron chi connectivity index (χ2n) is 6.71. The predicted molar refractivity (Wildman–Crippen MR) is 84.5 cm³/mol. The fourth-order valence-electron chi connectivity index (χ4n) is 3.35. The summed E-state index contributed by atoms with van der Waals surface area (Å²) >= 11 is 0. The van der Waals surface area contributed by atoms with Gasteiger partial charge in [0.1, 0.15) is 0 Å². The Labute approximate surface area is 127 Å². The van der Waals surface area contributed by atoms with Gasteiger partial charge in [0.15, 0.2) is 11.6 Å². The molecule has 0 radical (unpaired) electrons. The zero-order valence-corrected chi connectivity index (χ0v) is 13.2. The van der Waals surface area contributed by atoms with Crippen molar-refractivity contribution in [3.8, 4) is 0 Å².